The van der Waals surface area contributed by atoms with E-state index < -0.39 is 24.6 Å². The molecule has 2 aromatic carbocycles. The zero-order valence-corrected chi connectivity index (χ0v) is 16.3. The summed E-state index contributed by atoms with van der Waals surface area (Å²) in [5.41, 5.74) is 2.09. The Morgan fingerprint density at radius 2 is 1.82 bits per heavy atom. The number of carbonyl (C=O) groups excluding carboxylic acids is 3. The van der Waals surface area contributed by atoms with Gasteiger partial charge in [-0.15, -0.1) is 0 Å². The van der Waals surface area contributed by atoms with Crippen LogP contribution in [0.3, 0.4) is 0 Å². The summed E-state index contributed by atoms with van der Waals surface area (Å²) in [5.74, 6) is -0.642. The van der Waals surface area contributed by atoms with Crippen LogP contribution in [0.5, 0.6) is 11.5 Å². The normalized spacial score (nSPS) is 11.3. The summed E-state index contributed by atoms with van der Waals surface area (Å²) in [6.07, 6.45) is -0.987. The van der Waals surface area contributed by atoms with Crippen molar-refractivity contribution in [1.82, 2.24) is 0 Å². The number of esters is 1. The molecule has 148 valence electrons. The van der Waals surface area contributed by atoms with Gasteiger partial charge in [0, 0.05) is 11.3 Å². The average molecular weight is 385 g/mol. The van der Waals surface area contributed by atoms with Crippen molar-refractivity contribution in [1.29, 1.82) is 0 Å². The molecule has 28 heavy (non-hydrogen) atoms. The van der Waals surface area contributed by atoms with Gasteiger partial charge in [-0.25, -0.2) is 4.79 Å². The van der Waals surface area contributed by atoms with Crippen molar-refractivity contribution in [3.8, 4) is 11.5 Å². The maximum Gasteiger partial charge on any atom is 0.344 e. The molecule has 2 aromatic rings. The first kappa shape index (κ1) is 21.0. The lowest BCUT2D eigenvalue weighted by atomic mass is 10.1. The number of hydrogen-bond acceptors (Lipinski definition) is 6. The van der Waals surface area contributed by atoms with Crippen molar-refractivity contribution in [2.75, 3.05) is 19.0 Å². The zero-order chi connectivity index (χ0) is 20.7. The number of carbonyl (C=O) groups is 3. The highest BCUT2D eigenvalue weighted by atomic mass is 16.6. The second kappa shape index (κ2) is 9.55. The van der Waals surface area contributed by atoms with Gasteiger partial charge in [-0.1, -0.05) is 12.1 Å². The summed E-state index contributed by atoms with van der Waals surface area (Å²) in [6.45, 7) is 4.42. The fourth-order valence-corrected chi connectivity index (χ4v) is 2.39. The fraction of sp³-hybridized carbons (Fsp3) is 0.286. The first-order chi connectivity index (χ1) is 13.3. The predicted octanol–water partition coefficient (Wildman–Crippen LogP) is 3.16. The van der Waals surface area contributed by atoms with Gasteiger partial charge < -0.3 is 19.5 Å². The standard InChI is InChI=1S/C21H23NO6/c1-13-6-5-7-17(10-13)22-21(25)15(3)28-20(24)12-27-18-9-8-16(14(2)23)11-19(18)26-4/h5-11,15H,12H2,1-4H3,(H,22,25)/t15-/m0/s1. The minimum absolute atomic E-state index is 0.113. The highest BCUT2D eigenvalue weighted by Crippen LogP contribution is 2.28. The first-order valence-electron chi connectivity index (χ1n) is 8.69. The third-order valence-electron chi connectivity index (χ3n) is 3.88. The Bertz CT molecular complexity index is 877. The van der Waals surface area contributed by atoms with Crippen molar-refractivity contribution >= 4 is 23.3 Å². The fourth-order valence-electron chi connectivity index (χ4n) is 2.39. The van der Waals surface area contributed by atoms with Gasteiger partial charge in [0.2, 0.25) is 0 Å². The summed E-state index contributed by atoms with van der Waals surface area (Å²) in [4.78, 5) is 35.6. The molecule has 7 nitrogen and oxygen atoms in total. The number of methoxy groups -OCH3 is 1. The molecule has 0 bridgehead atoms. The van der Waals surface area contributed by atoms with Gasteiger partial charge in [-0.05, 0) is 56.7 Å². The molecular formula is C21H23NO6. The Labute approximate surface area is 163 Å². The van der Waals surface area contributed by atoms with Gasteiger partial charge in [-0.3, -0.25) is 9.59 Å². The third-order valence-corrected chi connectivity index (χ3v) is 3.88. The van der Waals surface area contributed by atoms with Gasteiger partial charge in [0.1, 0.15) is 0 Å². The molecule has 0 aliphatic heterocycles. The Morgan fingerprint density at radius 3 is 2.46 bits per heavy atom. The average Bonchev–Trinajstić information content (AvgIpc) is 2.66. The molecule has 0 saturated carbocycles. The summed E-state index contributed by atoms with van der Waals surface area (Å²) >= 11 is 0. The summed E-state index contributed by atoms with van der Waals surface area (Å²) in [7, 11) is 1.43. The van der Waals surface area contributed by atoms with E-state index >= 15 is 0 Å². The minimum atomic E-state index is -0.987. The van der Waals surface area contributed by atoms with E-state index in [2.05, 4.69) is 5.32 Å². The number of benzene rings is 2. The maximum atomic E-state index is 12.2. The molecular weight excluding hydrogens is 362 g/mol. The van der Waals surface area contributed by atoms with E-state index in [0.717, 1.165) is 5.56 Å². The van der Waals surface area contributed by atoms with Crippen molar-refractivity contribution < 1.29 is 28.6 Å². The van der Waals surface area contributed by atoms with Gasteiger partial charge in [-0.2, -0.15) is 0 Å². The number of amides is 1. The van der Waals surface area contributed by atoms with Crippen LogP contribution in [0.1, 0.15) is 29.8 Å². The molecule has 1 atom stereocenters. The van der Waals surface area contributed by atoms with E-state index in [1.165, 1.54) is 33.1 Å². The van der Waals surface area contributed by atoms with Crippen molar-refractivity contribution in [2.24, 2.45) is 0 Å². The minimum Gasteiger partial charge on any atom is -0.493 e. The molecule has 1 amide bonds. The molecule has 0 fully saturated rings. The number of ketones is 1. The van der Waals surface area contributed by atoms with Crippen LogP contribution in [0.25, 0.3) is 0 Å². The third kappa shape index (κ3) is 5.84. The monoisotopic (exact) mass is 385 g/mol. The molecule has 0 saturated heterocycles. The van der Waals surface area contributed by atoms with E-state index in [9.17, 15) is 14.4 Å². The summed E-state index contributed by atoms with van der Waals surface area (Å²) in [6, 6.07) is 11.9. The number of nitrogens with one attached hydrogen (secondary N) is 1. The largest absolute Gasteiger partial charge is 0.493 e. The highest BCUT2D eigenvalue weighted by molar-refractivity contribution is 5.95. The summed E-state index contributed by atoms with van der Waals surface area (Å²) < 4.78 is 15.7. The lowest BCUT2D eigenvalue weighted by Crippen LogP contribution is -2.31. The number of anilines is 1. The van der Waals surface area contributed by atoms with Gasteiger partial charge >= 0.3 is 5.97 Å². The van der Waals surface area contributed by atoms with Crippen LogP contribution in [0, 0.1) is 6.92 Å². The van der Waals surface area contributed by atoms with Crippen LogP contribution in [0.4, 0.5) is 5.69 Å². The van der Waals surface area contributed by atoms with E-state index in [-0.39, 0.29) is 5.78 Å². The number of ether oxygens (including phenoxy) is 3. The van der Waals surface area contributed by atoms with E-state index in [4.69, 9.17) is 14.2 Å². The van der Waals surface area contributed by atoms with Crippen molar-refractivity contribution in [2.45, 2.75) is 26.9 Å². The lowest BCUT2D eigenvalue weighted by molar-refractivity contribution is -0.155. The Kier molecular flexibility index (Phi) is 7.14. The van der Waals surface area contributed by atoms with Crippen LogP contribution in [0.2, 0.25) is 0 Å². The van der Waals surface area contributed by atoms with Crippen LogP contribution < -0.4 is 14.8 Å². The smallest absolute Gasteiger partial charge is 0.344 e. The molecule has 0 radical (unpaired) electrons. The van der Waals surface area contributed by atoms with Gasteiger partial charge in [0.05, 0.1) is 7.11 Å². The van der Waals surface area contributed by atoms with Gasteiger partial charge in [0.15, 0.2) is 30.0 Å². The number of aryl methyl sites for hydroxylation is 1. The Morgan fingerprint density at radius 1 is 1.07 bits per heavy atom. The highest BCUT2D eigenvalue weighted by Gasteiger charge is 2.19. The number of rotatable bonds is 8. The lowest BCUT2D eigenvalue weighted by Gasteiger charge is -2.15. The van der Waals surface area contributed by atoms with Crippen molar-refractivity contribution in [3.05, 3.63) is 53.6 Å². The molecule has 0 aliphatic carbocycles. The van der Waals surface area contributed by atoms with Gasteiger partial charge in [0.25, 0.3) is 5.91 Å². The summed E-state index contributed by atoms with van der Waals surface area (Å²) in [5, 5.41) is 2.69. The molecule has 0 heterocycles. The Hall–Kier alpha value is -3.35. The number of hydrogen-bond donors (Lipinski definition) is 1. The molecule has 0 aliphatic rings. The molecule has 2 rings (SSSR count). The second-order valence-electron chi connectivity index (χ2n) is 6.20. The van der Waals surface area contributed by atoms with Crippen LogP contribution in [0.15, 0.2) is 42.5 Å². The van der Waals surface area contributed by atoms with Crippen LogP contribution in [-0.4, -0.2) is 37.5 Å². The predicted molar refractivity (Wildman–Crippen MR) is 104 cm³/mol. The maximum absolute atomic E-state index is 12.2. The quantitative estimate of drug-likeness (QED) is 0.554. The van der Waals surface area contributed by atoms with E-state index in [1.807, 2.05) is 25.1 Å². The molecule has 7 heteroatoms. The van der Waals surface area contributed by atoms with Crippen LogP contribution >= 0.6 is 0 Å². The number of Topliss-reactive ketones (excluding diaryl/α,β-unsaturated/α-hetero) is 1. The first-order valence-corrected chi connectivity index (χ1v) is 8.69. The SMILES string of the molecule is COc1cc(C(C)=O)ccc1OCC(=O)O[C@@H](C)C(=O)Nc1cccc(C)c1. The second-order valence-corrected chi connectivity index (χ2v) is 6.20. The molecule has 1 N–H and O–H groups in total. The molecule has 0 unspecified atom stereocenters. The molecule has 0 aromatic heterocycles. The van der Waals surface area contributed by atoms with Crippen molar-refractivity contribution in [3.63, 3.8) is 0 Å². The van der Waals surface area contributed by atoms with E-state index in [1.54, 1.807) is 12.1 Å². The topological polar surface area (TPSA) is 90.9 Å². The molecule has 0 spiro atoms. The van der Waals surface area contributed by atoms with E-state index in [0.29, 0.717) is 22.7 Å². The van der Waals surface area contributed by atoms with Crippen LogP contribution in [-0.2, 0) is 14.3 Å². The Balaban J connectivity index is 1.89. The zero-order valence-electron chi connectivity index (χ0n) is 16.3.